The summed E-state index contributed by atoms with van der Waals surface area (Å²) in [6.45, 7) is 0. The fourth-order valence-corrected chi connectivity index (χ4v) is 2.45. The van der Waals surface area contributed by atoms with Gasteiger partial charge in [-0.1, -0.05) is 60.7 Å². The van der Waals surface area contributed by atoms with Crippen LogP contribution in [0.5, 0.6) is 0 Å². The predicted octanol–water partition coefficient (Wildman–Crippen LogP) is 2.48. The van der Waals surface area contributed by atoms with Gasteiger partial charge in [0, 0.05) is 26.5 Å². The maximum Gasteiger partial charge on any atom is 0.268 e. The van der Waals surface area contributed by atoms with Gasteiger partial charge in [0.05, 0.1) is 12.1 Å². The monoisotopic (exact) mass is 362 g/mol. The lowest BCUT2D eigenvalue weighted by molar-refractivity contribution is -0.129. The largest absolute Gasteiger partial charge is 0.364 e. The molecule has 3 rings (SSSR count). The fraction of sp³-hybridized carbons (Fsp3) is 0.143. The van der Waals surface area contributed by atoms with E-state index in [0.29, 0.717) is 0 Å². The van der Waals surface area contributed by atoms with E-state index in [1.807, 2.05) is 60.7 Å². The second kappa shape index (κ2) is 9.82. The molecule has 0 saturated carbocycles. The second-order valence-electron chi connectivity index (χ2n) is 5.94. The van der Waals surface area contributed by atoms with Gasteiger partial charge in [0.2, 0.25) is 5.91 Å². The van der Waals surface area contributed by atoms with Gasteiger partial charge in [-0.05, 0) is 11.1 Å². The van der Waals surface area contributed by atoms with E-state index >= 15 is 0 Å². The Bertz CT molecular complexity index is 814. The highest BCUT2D eigenvalue weighted by Gasteiger charge is 2.23. The molecule has 2 amide bonds. The maximum absolute atomic E-state index is 12.4. The summed E-state index contributed by atoms with van der Waals surface area (Å²) in [4.78, 5) is 31.6. The number of primary amides is 1. The van der Waals surface area contributed by atoms with Gasteiger partial charge in [-0.25, -0.2) is 4.98 Å². The lowest BCUT2D eigenvalue weighted by Crippen LogP contribution is -2.28. The highest BCUT2D eigenvalue weighted by Crippen LogP contribution is 2.25. The van der Waals surface area contributed by atoms with Crippen LogP contribution in [0.2, 0.25) is 0 Å². The molecule has 3 aromatic rings. The van der Waals surface area contributed by atoms with Crippen molar-refractivity contribution < 1.29 is 9.59 Å². The average Bonchev–Trinajstić information content (AvgIpc) is 2.71. The minimum Gasteiger partial charge on any atom is -0.364 e. The predicted molar refractivity (Wildman–Crippen MR) is 104 cm³/mol. The first-order valence-corrected chi connectivity index (χ1v) is 8.37. The molecule has 0 radical (unpaired) electrons. The van der Waals surface area contributed by atoms with E-state index in [-0.39, 0.29) is 17.5 Å². The van der Waals surface area contributed by atoms with Crippen molar-refractivity contribution >= 4 is 11.8 Å². The summed E-state index contributed by atoms with van der Waals surface area (Å²) < 4.78 is 0. The first-order valence-electron chi connectivity index (χ1n) is 8.37. The van der Waals surface area contributed by atoms with Gasteiger partial charge in [0.1, 0.15) is 5.69 Å². The Balaban J connectivity index is 0.000000244. The topological polar surface area (TPSA) is 89.2 Å². The van der Waals surface area contributed by atoms with Gasteiger partial charge in [-0.15, -0.1) is 0 Å². The number of hydrogen-bond donors (Lipinski definition) is 1. The van der Waals surface area contributed by atoms with Gasteiger partial charge in [0.25, 0.3) is 5.91 Å². The first-order chi connectivity index (χ1) is 13.0. The van der Waals surface area contributed by atoms with Crippen LogP contribution in [-0.2, 0) is 4.79 Å². The summed E-state index contributed by atoms with van der Waals surface area (Å²) in [5.74, 6) is -0.669. The summed E-state index contributed by atoms with van der Waals surface area (Å²) in [6, 6.07) is 19.8. The number of likely N-dealkylation sites (N-methyl/N-ethyl adjacent to an activating group) is 1. The molecule has 6 nitrogen and oxygen atoms in total. The molecule has 2 N–H and O–H groups in total. The Morgan fingerprint density at radius 2 is 1.41 bits per heavy atom. The standard InChI is InChI=1S/C16H17NO.C5H5N3O/c1-17(2)16(18)15(13-9-5-3-6-10-13)14-11-7-4-8-12-14;6-5(9)4-3-7-1-2-8-4/h3-12,15H,1-2H3;1-3H,(H2,6,9). The van der Waals surface area contributed by atoms with Crippen molar-refractivity contribution in [2.75, 3.05) is 14.1 Å². The molecule has 1 aromatic heterocycles. The van der Waals surface area contributed by atoms with Crippen LogP contribution in [-0.4, -0.2) is 40.8 Å². The molecule has 138 valence electrons. The molecule has 0 unspecified atom stereocenters. The second-order valence-corrected chi connectivity index (χ2v) is 5.94. The smallest absolute Gasteiger partial charge is 0.268 e. The van der Waals surface area contributed by atoms with Crippen molar-refractivity contribution in [3.05, 3.63) is 96.1 Å². The fourth-order valence-electron chi connectivity index (χ4n) is 2.45. The molecule has 0 aliphatic heterocycles. The van der Waals surface area contributed by atoms with E-state index in [1.54, 1.807) is 19.0 Å². The van der Waals surface area contributed by atoms with E-state index in [1.165, 1.54) is 18.6 Å². The van der Waals surface area contributed by atoms with Gasteiger partial charge in [-0.3, -0.25) is 14.6 Å². The third kappa shape index (κ3) is 5.74. The number of carbonyl (C=O) groups excluding carboxylic acids is 2. The zero-order chi connectivity index (χ0) is 19.6. The number of benzene rings is 2. The van der Waals surface area contributed by atoms with Crippen molar-refractivity contribution in [1.82, 2.24) is 14.9 Å². The van der Waals surface area contributed by atoms with E-state index in [0.717, 1.165) is 11.1 Å². The van der Waals surface area contributed by atoms with Crippen LogP contribution >= 0.6 is 0 Å². The van der Waals surface area contributed by atoms with E-state index in [4.69, 9.17) is 5.73 Å². The highest BCUT2D eigenvalue weighted by atomic mass is 16.2. The molecule has 0 bridgehead atoms. The van der Waals surface area contributed by atoms with Crippen LogP contribution in [0.4, 0.5) is 0 Å². The van der Waals surface area contributed by atoms with Crippen LogP contribution < -0.4 is 5.73 Å². The van der Waals surface area contributed by atoms with Crippen molar-refractivity contribution in [2.24, 2.45) is 5.73 Å². The Morgan fingerprint density at radius 1 is 0.889 bits per heavy atom. The summed E-state index contributed by atoms with van der Waals surface area (Å²) >= 11 is 0. The lowest BCUT2D eigenvalue weighted by Gasteiger charge is -2.21. The van der Waals surface area contributed by atoms with Gasteiger partial charge >= 0.3 is 0 Å². The molecule has 1 heterocycles. The van der Waals surface area contributed by atoms with Crippen LogP contribution in [0.3, 0.4) is 0 Å². The summed E-state index contributed by atoms with van der Waals surface area (Å²) in [6.07, 6.45) is 4.22. The molecule has 0 saturated heterocycles. The van der Waals surface area contributed by atoms with Crippen molar-refractivity contribution in [3.63, 3.8) is 0 Å². The van der Waals surface area contributed by atoms with E-state index in [9.17, 15) is 9.59 Å². The van der Waals surface area contributed by atoms with Crippen molar-refractivity contribution in [2.45, 2.75) is 5.92 Å². The van der Waals surface area contributed by atoms with Crippen LogP contribution in [0.15, 0.2) is 79.3 Å². The van der Waals surface area contributed by atoms with Crippen LogP contribution in [0, 0.1) is 0 Å². The van der Waals surface area contributed by atoms with Crippen molar-refractivity contribution in [3.8, 4) is 0 Å². The number of nitrogens with two attached hydrogens (primary N) is 1. The minimum absolute atomic E-state index is 0.104. The maximum atomic E-state index is 12.4. The summed E-state index contributed by atoms with van der Waals surface area (Å²) in [5.41, 5.74) is 7.12. The van der Waals surface area contributed by atoms with Crippen molar-refractivity contribution in [1.29, 1.82) is 0 Å². The van der Waals surface area contributed by atoms with Crippen LogP contribution in [0.25, 0.3) is 0 Å². The third-order valence-corrected chi connectivity index (χ3v) is 3.77. The number of amides is 2. The van der Waals surface area contributed by atoms with E-state index in [2.05, 4.69) is 9.97 Å². The average molecular weight is 362 g/mol. The number of carbonyl (C=O) groups is 2. The molecule has 0 aliphatic carbocycles. The number of aromatic nitrogens is 2. The minimum atomic E-state index is -0.553. The molecule has 27 heavy (non-hydrogen) atoms. The molecular formula is C21H22N4O2. The number of rotatable bonds is 4. The molecule has 0 fully saturated rings. The Labute approximate surface area is 158 Å². The zero-order valence-electron chi connectivity index (χ0n) is 15.3. The Hall–Kier alpha value is -3.54. The zero-order valence-corrected chi connectivity index (χ0v) is 15.3. The first kappa shape index (κ1) is 19.8. The Kier molecular flexibility index (Phi) is 7.19. The molecule has 6 heteroatoms. The molecular weight excluding hydrogens is 340 g/mol. The molecule has 0 spiro atoms. The summed E-state index contributed by atoms with van der Waals surface area (Å²) in [5, 5.41) is 0. The Morgan fingerprint density at radius 3 is 1.74 bits per heavy atom. The lowest BCUT2D eigenvalue weighted by atomic mass is 9.90. The number of nitrogens with zero attached hydrogens (tertiary/aromatic N) is 3. The highest BCUT2D eigenvalue weighted by molar-refractivity contribution is 5.90. The van der Waals surface area contributed by atoms with Crippen LogP contribution in [0.1, 0.15) is 27.5 Å². The quantitative estimate of drug-likeness (QED) is 0.772. The van der Waals surface area contributed by atoms with E-state index < -0.39 is 5.91 Å². The molecule has 2 aromatic carbocycles. The van der Waals surface area contributed by atoms with Gasteiger partial charge in [0.15, 0.2) is 0 Å². The van der Waals surface area contributed by atoms with Gasteiger partial charge < -0.3 is 10.6 Å². The van der Waals surface area contributed by atoms with Gasteiger partial charge in [-0.2, -0.15) is 0 Å². The third-order valence-electron chi connectivity index (χ3n) is 3.77. The SMILES string of the molecule is CN(C)C(=O)C(c1ccccc1)c1ccccc1.NC(=O)c1cnccn1. The normalized spacial score (nSPS) is 9.89. The number of hydrogen-bond acceptors (Lipinski definition) is 4. The molecule has 0 aliphatic rings. The summed E-state index contributed by atoms with van der Waals surface area (Å²) in [7, 11) is 3.59. The molecule has 0 atom stereocenters.